The second-order valence-electron chi connectivity index (χ2n) is 5.46. The Morgan fingerprint density at radius 3 is 2.00 bits per heavy atom. The molecule has 1 atom stereocenters. The lowest BCUT2D eigenvalue weighted by molar-refractivity contribution is -0.123. The summed E-state index contributed by atoms with van der Waals surface area (Å²) in [6.45, 7) is 1.43. The third-order valence-electron chi connectivity index (χ3n) is 3.67. The van der Waals surface area contributed by atoms with E-state index in [9.17, 15) is 14.0 Å². The molecule has 0 bridgehead atoms. The molecule has 2 aromatic rings. The van der Waals surface area contributed by atoms with Gasteiger partial charge in [-0.25, -0.2) is 9.18 Å². The van der Waals surface area contributed by atoms with E-state index in [-0.39, 0.29) is 17.1 Å². The van der Waals surface area contributed by atoms with Crippen molar-refractivity contribution in [2.45, 2.75) is 13.0 Å². The highest BCUT2D eigenvalue weighted by Crippen LogP contribution is 2.38. The quantitative estimate of drug-likeness (QED) is 0.747. The molecule has 0 aliphatic rings. The number of methoxy groups -OCH3 is 3. The zero-order valence-corrected chi connectivity index (χ0v) is 15.4. The number of carbonyl (C=O) groups excluding carboxylic acids is 2. The van der Waals surface area contributed by atoms with Crippen molar-refractivity contribution < 1.29 is 32.9 Å². The van der Waals surface area contributed by atoms with E-state index in [0.29, 0.717) is 11.4 Å². The van der Waals surface area contributed by atoms with Crippen LogP contribution in [0, 0.1) is 5.82 Å². The SMILES string of the molecule is COc1cc(C(=O)O[C@H](C)C(=O)Nc2ccc(F)cc2)cc(OC)c1OC. The zero-order chi connectivity index (χ0) is 20.0. The average molecular weight is 377 g/mol. The van der Waals surface area contributed by atoms with Gasteiger partial charge < -0.3 is 24.3 Å². The van der Waals surface area contributed by atoms with E-state index < -0.39 is 23.8 Å². The van der Waals surface area contributed by atoms with Crippen LogP contribution in [0.5, 0.6) is 17.2 Å². The van der Waals surface area contributed by atoms with Crippen molar-refractivity contribution in [1.82, 2.24) is 0 Å². The Labute approximate surface area is 156 Å². The molecule has 7 nitrogen and oxygen atoms in total. The van der Waals surface area contributed by atoms with Crippen LogP contribution < -0.4 is 19.5 Å². The van der Waals surface area contributed by atoms with Crippen LogP contribution >= 0.6 is 0 Å². The molecule has 144 valence electrons. The lowest BCUT2D eigenvalue weighted by atomic mass is 10.2. The minimum Gasteiger partial charge on any atom is -0.493 e. The molecular weight excluding hydrogens is 357 g/mol. The Hall–Kier alpha value is -3.29. The first-order valence-corrected chi connectivity index (χ1v) is 7.97. The van der Waals surface area contributed by atoms with E-state index in [0.717, 1.165) is 0 Å². The van der Waals surface area contributed by atoms with Gasteiger partial charge in [-0.15, -0.1) is 0 Å². The maximum Gasteiger partial charge on any atom is 0.339 e. The standard InChI is InChI=1S/C19H20FNO6/c1-11(18(22)21-14-7-5-13(20)6-8-14)27-19(23)12-9-15(24-2)17(26-4)16(10-12)25-3/h5-11H,1-4H3,(H,21,22)/t11-/m1/s1. The van der Waals surface area contributed by atoms with Crippen molar-refractivity contribution in [1.29, 1.82) is 0 Å². The van der Waals surface area contributed by atoms with Crippen LogP contribution in [0.3, 0.4) is 0 Å². The molecule has 0 saturated heterocycles. The summed E-state index contributed by atoms with van der Waals surface area (Å²) < 4.78 is 33.7. The van der Waals surface area contributed by atoms with Crippen molar-refractivity contribution in [2.24, 2.45) is 0 Å². The largest absolute Gasteiger partial charge is 0.493 e. The Kier molecular flexibility index (Phi) is 6.59. The Morgan fingerprint density at radius 1 is 0.963 bits per heavy atom. The van der Waals surface area contributed by atoms with Gasteiger partial charge in [0.2, 0.25) is 5.75 Å². The Bertz CT molecular complexity index is 796. The first kappa shape index (κ1) is 20.0. The van der Waals surface area contributed by atoms with Crippen molar-refractivity contribution >= 4 is 17.6 Å². The number of benzene rings is 2. The molecule has 2 aromatic carbocycles. The summed E-state index contributed by atoms with van der Waals surface area (Å²) in [4.78, 5) is 24.5. The average Bonchev–Trinajstić information content (AvgIpc) is 2.68. The predicted molar refractivity (Wildman–Crippen MR) is 96.0 cm³/mol. The third-order valence-corrected chi connectivity index (χ3v) is 3.67. The van der Waals surface area contributed by atoms with Gasteiger partial charge >= 0.3 is 5.97 Å². The van der Waals surface area contributed by atoms with Gasteiger partial charge in [0.1, 0.15) is 5.82 Å². The van der Waals surface area contributed by atoms with E-state index in [1.54, 1.807) is 0 Å². The van der Waals surface area contributed by atoms with Gasteiger partial charge in [0, 0.05) is 5.69 Å². The van der Waals surface area contributed by atoms with Crippen LogP contribution in [0.15, 0.2) is 36.4 Å². The fraction of sp³-hybridized carbons (Fsp3) is 0.263. The van der Waals surface area contributed by atoms with E-state index in [1.807, 2.05) is 0 Å². The second-order valence-corrected chi connectivity index (χ2v) is 5.46. The summed E-state index contributed by atoms with van der Waals surface area (Å²) >= 11 is 0. The van der Waals surface area contributed by atoms with Gasteiger partial charge in [-0.3, -0.25) is 4.79 Å². The Morgan fingerprint density at radius 2 is 1.52 bits per heavy atom. The van der Waals surface area contributed by atoms with E-state index in [1.165, 1.54) is 64.7 Å². The number of hydrogen-bond acceptors (Lipinski definition) is 6. The fourth-order valence-corrected chi connectivity index (χ4v) is 2.26. The van der Waals surface area contributed by atoms with E-state index >= 15 is 0 Å². The van der Waals surface area contributed by atoms with Crippen molar-refractivity contribution in [2.75, 3.05) is 26.6 Å². The normalized spacial score (nSPS) is 11.3. The zero-order valence-electron chi connectivity index (χ0n) is 15.4. The summed E-state index contributed by atoms with van der Waals surface area (Å²) in [6, 6.07) is 8.08. The van der Waals surface area contributed by atoms with Gasteiger partial charge in [-0.05, 0) is 43.3 Å². The smallest absolute Gasteiger partial charge is 0.339 e. The molecular formula is C19H20FNO6. The van der Waals surface area contributed by atoms with Gasteiger partial charge in [0.15, 0.2) is 17.6 Å². The third kappa shape index (κ3) is 4.87. The first-order valence-electron chi connectivity index (χ1n) is 7.97. The lowest BCUT2D eigenvalue weighted by Crippen LogP contribution is -2.30. The maximum absolute atomic E-state index is 12.9. The van der Waals surface area contributed by atoms with Crippen LogP contribution in [-0.2, 0) is 9.53 Å². The monoisotopic (exact) mass is 377 g/mol. The van der Waals surface area contributed by atoms with E-state index in [4.69, 9.17) is 18.9 Å². The molecule has 1 N–H and O–H groups in total. The van der Waals surface area contributed by atoms with Crippen LogP contribution in [0.1, 0.15) is 17.3 Å². The topological polar surface area (TPSA) is 83.1 Å². The number of rotatable bonds is 7. The number of halogens is 1. The summed E-state index contributed by atoms with van der Waals surface area (Å²) in [7, 11) is 4.29. The summed E-state index contributed by atoms with van der Waals surface area (Å²) in [5, 5.41) is 2.54. The summed E-state index contributed by atoms with van der Waals surface area (Å²) in [5.74, 6) is -0.814. The number of esters is 1. The number of hydrogen-bond donors (Lipinski definition) is 1. The highest BCUT2D eigenvalue weighted by atomic mass is 19.1. The molecule has 0 aliphatic heterocycles. The van der Waals surface area contributed by atoms with Gasteiger partial charge in [-0.2, -0.15) is 0 Å². The first-order chi connectivity index (χ1) is 12.9. The van der Waals surface area contributed by atoms with Crippen LogP contribution in [0.25, 0.3) is 0 Å². The fourth-order valence-electron chi connectivity index (χ4n) is 2.26. The van der Waals surface area contributed by atoms with Crippen molar-refractivity contribution in [3.63, 3.8) is 0 Å². The summed E-state index contributed by atoms with van der Waals surface area (Å²) in [6.07, 6.45) is -1.08. The van der Waals surface area contributed by atoms with Crippen LogP contribution in [-0.4, -0.2) is 39.3 Å². The molecule has 0 saturated carbocycles. The molecule has 0 aliphatic carbocycles. The van der Waals surface area contributed by atoms with Gasteiger partial charge in [-0.1, -0.05) is 0 Å². The predicted octanol–water partition coefficient (Wildman–Crippen LogP) is 3.04. The van der Waals surface area contributed by atoms with Gasteiger partial charge in [0.25, 0.3) is 5.91 Å². The maximum atomic E-state index is 12.9. The van der Waals surface area contributed by atoms with Crippen LogP contribution in [0.2, 0.25) is 0 Å². The molecule has 0 aromatic heterocycles. The lowest BCUT2D eigenvalue weighted by Gasteiger charge is -2.16. The summed E-state index contributed by atoms with van der Waals surface area (Å²) in [5.41, 5.74) is 0.517. The van der Waals surface area contributed by atoms with Crippen molar-refractivity contribution in [3.05, 3.63) is 47.8 Å². The molecule has 8 heteroatoms. The number of anilines is 1. The number of nitrogens with one attached hydrogen (secondary N) is 1. The minimum absolute atomic E-state index is 0.130. The van der Waals surface area contributed by atoms with Crippen LogP contribution in [0.4, 0.5) is 10.1 Å². The number of ether oxygens (including phenoxy) is 4. The highest BCUT2D eigenvalue weighted by Gasteiger charge is 2.22. The molecule has 0 heterocycles. The highest BCUT2D eigenvalue weighted by molar-refractivity contribution is 5.97. The number of carbonyl (C=O) groups is 2. The molecule has 1 amide bonds. The van der Waals surface area contributed by atoms with E-state index in [2.05, 4.69) is 5.32 Å². The molecule has 0 fully saturated rings. The van der Waals surface area contributed by atoms with Crippen molar-refractivity contribution in [3.8, 4) is 17.2 Å². The molecule has 0 unspecified atom stereocenters. The molecule has 27 heavy (non-hydrogen) atoms. The van der Waals surface area contributed by atoms with Gasteiger partial charge in [0.05, 0.1) is 26.9 Å². The second kappa shape index (κ2) is 8.88. The molecule has 0 spiro atoms. The Balaban J connectivity index is 2.11. The minimum atomic E-state index is -1.08. The molecule has 2 rings (SSSR count). The number of amides is 1. The molecule has 0 radical (unpaired) electrons.